The molecule has 1 saturated carbocycles. The normalized spacial score (nSPS) is 15.7. The SMILES string of the molecule is Cn1nc(C2CC2)c2cc(B(O)O)ccc21. The number of nitrogens with zero attached hydrogens (tertiary/aromatic N) is 2. The predicted octanol–water partition coefficient (Wildman–Crippen LogP) is 0.130. The lowest BCUT2D eigenvalue weighted by Crippen LogP contribution is -2.29. The summed E-state index contributed by atoms with van der Waals surface area (Å²) in [4.78, 5) is 0. The van der Waals surface area contributed by atoms with Crippen molar-refractivity contribution < 1.29 is 10.0 Å². The van der Waals surface area contributed by atoms with Crippen molar-refractivity contribution in [2.45, 2.75) is 18.8 Å². The topological polar surface area (TPSA) is 58.3 Å². The van der Waals surface area contributed by atoms with Gasteiger partial charge in [0, 0.05) is 18.4 Å². The number of rotatable bonds is 2. The van der Waals surface area contributed by atoms with Crippen LogP contribution in [0.2, 0.25) is 0 Å². The molecule has 0 atom stereocenters. The monoisotopic (exact) mass is 216 g/mol. The molecule has 1 aromatic carbocycles. The molecule has 0 unspecified atom stereocenters. The van der Waals surface area contributed by atoms with Crippen LogP contribution in [0.15, 0.2) is 18.2 Å². The maximum Gasteiger partial charge on any atom is 0.488 e. The number of benzene rings is 1. The number of aryl methyl sites for hydroxylation is 1. The Bertz CT molecular complexity index is 546. The van der Waals surface area contributed by atoms with Crippen molar-refractivity contribution in [2.24, 2.45) is 7.05 Å². The highest BCUT2D eigenvalue weighted by Gasteiger charge is 2.29. The van der Waals surface area contributed by atoms with E-state index in [4.69, 9.17) is 10.0 Å². The molecule has 2 aromatic rings. The summed E-state index contributed by atoms with van der Waals surface area (Å²) in [5, 5.41) is 23.9. The van der Waals surface area contributed by atoms with Crippen LogP contribution in [-0.2, 0) is 7.05 Å². The molecule has 1 aliphatic carbocycles. The fraction of sp³-hybridized carbons (Fsp3) is 0.364. The minimum atomic E-state index is -1.41. The minimum absolute atomic E-state index is 0.530. The average molecular weight is 216 g/mol. The van der Waals surface area contributed by atoms with E-state index >= 15 is 0 Å². The van der Waals surface area contributed by atoms with Gasteiger partial charge in [-0.25, -0.2) is 0 Å². The van der Waals surface area contributed by atoms with E-state index in [0.29, 0.717) is 11.4 Å². The molecule has 1 fully saturated rings. The Kier molecular flexibility index (Phi) is 2.06. The molecule has 3 rings (SSSR count). The van der Waals surface area contributed by atoms with Crippen LogP contribution in [0.1, 0.15) is 24.5 Å². The van der Waals surface area contributed by atoms with Crippen LogP contribution in [0.25, 0.3) is 10.9 Å². The van der Waals surface area contributed by atoms with Gasteiger partial charge in [0.25, 0.3) is 0 Å². The van der Waals surface area contributed by atoms with Gasteiger partial charge in [-0.05, 0) is 24.4 Å². The maximum absolute atomic E-state index is 9.16. The molecule has 82 valence electrons. The van der Waals surface area contributed by atoms with Gasteiger partial charge in [0.1, 0.15) is 0 Å². The standard InChI is InChI=1S/C11H13BN2O2/c1-14-10-5-4-8(12(15)16)6-9(10)11(13-14)7-2-3-7/h4-7,15-16H,2-3H2,1H3. The average Bonchev–Trinajstić information content (AvgIpc) is 3.04. The molecule has 4 nitrogen and oxygen atoms in total. The highest BCUT2D eigenvalue weighted by Crippen LogP contribution is 2.42. The first-order valence-electron chi connectivity index (χ1n) is 5.49. The summed E-state index contributed by atoms with van der Waals surface area (Å²) in [7, 11) is 0.514. The first-order chi connectivity index (χ1) is 7.66. The fourth-order valence-electron chi connectivity index (χ4n) is 2.13. The Labute approximate surface area is 93.7 Å². The Morgan fingerprint density at radius 1 is 1.38 bits per heavy atom. The van der Waals surface area contributed by atoms with Crippen molar-refractivity contribution in [3.05, 3.63) is 23.9 Å². The van der Waals surface area contributed by atoms with Crippen LogP contribution < -0.4 is 5.46 Å². The van der Waals surface area contributed by atoms with Gasteiger partial charge in [-0.1, -0.05) is 12.1 Å². The van der Waals surface area contributed by atoms with Crippen molar-refractivity contribution >= 4 is 23.5 Å². The van der Waals surface area contributed by atoms with Crippen molar-refractivity contribution in [1.82, 2.24) is 9.78 Å². The van der Waals surface area contributed by atoms with Gasteiger partial charge in [-0.3, -0.25) is 4.68 Å². The number of hydrogen-bond acceptors (Lipinski definition) is 3. The van der Waals surface area contributed by atoms with Gasteiger partial charge in [0.05, 0.1) is 11.2 Å². The second-order valence-electron chi connectivity index (χ2n) is 4.43. The Balaban J connectivity index is 2.22. The second kappa shape index (κ2) is 3.33. The Morgan fingerprint density at radius 3 is 2.75 bits per heavy atom. The van der Waals surface area contributed by atoms with Crippen LogP contribution in [-0.4, -0.2) is 26.9 Å². The summed E-state index contributed by atoms with van der Waals surface area (Å²) in [6, 6.07) is 5.45. The predicted molar refractivity (Wildman–Crippen MR) is 62.5 cm³/mol. The van der Waals surface area contributed by atoms with E-state index < -0.39 is 7.12 Å². The number of aromatic nitrogens is 2. The van der Waals surface area contributed by atoms with Gasteiger partial charge in [-0.15, -0.1) is 0 Å². The Morgan fingerprint density at radius 2 is 2.12 bits per heavy atom. The maximum atomic E-state index is 9.16. The number of hydrogen-bond donors (Lipinski definition) is 2. The highest BCUT2D eigenvalue weighted by atomic mass is 16.4. The van der Waals surface area contributed by atoms with Crippen LogP contribution in [0.5, 0.6) is 0 Å². The third-order valence-electron chi connectivity index (χ3n) is 3.17. The molecule has 1 aromatic heterocycles. The van der Waals surface area contributed by atoms with E-state index in [1.807, 2.05) is 23.9 Å². The van der Waals surface area contributed by atoms with E-state index in [0.717, 1.165) is 16.6 Å². The van der Waals surface area contributed by atoms with Gasteiger partial charge in [0.15, 0.2) is 0 Å². The summed E-state index contributed by atoms with van der Waals surface area (Å²) in [6.45, 7) is 0. The molecule has 5 heteroatoms. The highest BCUT2D eigenvalue weighted by molar-refractivity contribution is 6.58. The fourth-order valence-corrected chi connectivity index (χ4v) is 2.13. The third kappa shape index (κ3) is 1.44. The van der Waals surface area contributed by atoms with Crippen LogP contribution >= 0.6 is 0 Å². The molecule has 16 heavy (non-hydrogen) atoms. The summed E-state index contributed by atoms with van der Waals surface area (Å²) in [6.07, 6.45) is 2.38. The molecule has 0 radical (unpaired) electrons. The van der Waals surface area contributed by atoms with E-state index in [1.54, 1.807) is 6.07 Å². The summed E-state index contributed by atoms with van der Waals surface area (Å²) < 4.78 is 1.86. The van der Waals surface area contributed by atoms with Gasteiger partial charge >= 0.3 is 7.12 Å². The van der Waals surface area contributed by atoms with Crippen molar-refractivity contribution in [1.29, 1.82) is 0 Å². The quantitative estimate of drug-likeness (QED) is 0.701. The molecule has 0 saturated heterocycles. The van der Waals surface area contributed by atoms with Crippen molar-refractivity contribution in [3.63, 3.8) is 0 Å². The molecule has 1 heterocycles. The summed E-state index contributed by atoms with van der Waals surface area (Å²) >= 11 is 0. The van der Waals surface area contributed by atoms with E-state index in [2.05, 4.69) is 5.10 Å². The molecule has 0 aliphatic heterocycles. The molecular weight excluding hydrogens is 203 g/mol. The molecule has 0 bridgehead atoms. The molecule has 1 aliphatic rings. The zero-order valence-electron chi connectivity index (χ0n) is 9.09. The summed E-state index contributed by atoms with van der Waals surface area (Å²) in [5.41, 5.74) is 2.67. The van der Waals surface area contributed by atoms with Gasteiger partial charge in [0.2, 0.25) is 0 Å². The number of fused-ring (bicyclic) bond motifs is 1. The first kappa shape index (κ1) is 9.87. The lowest BCUT2D eigenvalue weighted by molar-refractivity contribution is 0.426. The summed E-state index contributed by atoms with van der Waals surface area (Å²) in [5.74, 6) is 0.565. The van der Waals surface area contributed by atoms with Crippen LogP contribution in [0, 0.1) is 0 Å². The zero-order chi connectivity index (χ0) is 11.3. The van der Waals surface area contributed by atoms with Crippen molar-refractivity contribution in [3.8, 4) is 0 Å². The second-order valence-corrected chi connectivity index (χ2v) is 4.43. The third-order valence-corrected chi connectivity index (χ3v) is 3.17. The van der Waals surface area contributed by atoms with E-state index in [-0.39, 0.29) is 0 Å². The largest absolute Gasteiger partial charge is 0.488 e. The minimum Gasteiger partial charge on any atom is -0.423 e. The lowest BCUT2D eigenvalue weighted by atomic mass is 9.79. The molecular formula is C11H13BN2O2. The lowest BCUT2D eigenvalue weighted by Gasteiger charge is -2.00. The first-order valence-corrected chi connectivity index (χ1v) is 5.49. The molecule has 0 spiro atoms. The van der Waals surface area contributed by atoms with Gasteiger partial charge in [-0.2, -0.15) is 5.10 Å². The zero-order valence-corrected chi connectivity index (χ0v) is 9.09. The molecule has 2 N–H and O–H groups in total. The van der Waals surface area contributed by atoms with Crippen LogP contribution in [0.3, 0.4) is 0 Å². The van der Waals surface area contributed by atoms with E-state index in [9.17, 15) is 0 Å². The Hall–Kier alpha value is -1.33. The van der Waals surface area contributed by atoms with Crippen LogP contribution in [0.4, 0.5) is 0 Å². The van der Waals surface area contributed by atoms with E-state index in [1.165, 1.54) is 12.8 Å². The molecule has 0 amide bonds. The van der Waals surface area contributed by atoms with Gasteiger partial charge < -0.3 is 10.0 Å². The van der Waals surface area contributed by atoms with Crippen molar-refractivity contribution in [2.75, 3.05) is 0 Å². The smallest absolute Gasteiger partial charge is 0.423 e.